The number of alkyl halides is 3. The summed E-state index contributed by atoms with van der Waals surface area (Å²) < 4.78 is 66.2. The number of aromatic nitrogens is 1. The first-order chi connectivity index (χ1) is 16.6. The van der Waals surface area contributed by atoms with Crippen LogP contribution in [0.1, 0.15) is 17.7 Å². The standard InChI is InChI=1S/C23H23F3N4O3S2/c24-23(25,26)17-5-4-6-19(15-17)29-11-13-30(14-12-29)21(31)10-9-18-16-34-22(27-18)28-35(32,33)20-7-2-1-3-8-20/h1-8,15-16H,9-14H2,(H,27,28). The van der Waals surface area contributed by atoms with Gasteiger partial charge in [0.05, 0.1) is 16.2 Å². The fourth-order valence-corrected chi connectivity index (χ4v) is 5.75. The van der Waals surface area contributed by atoms with Gasteiger partial charge in [0.1, 0.15) is 0 Å². The zero-order valence-electron chi connectivity index (χ0n) is 18.5. The second kappa shape index (κ2) is 10.2. The minimum Gasteiger partial charge on any atom is -0.368 e. The summed E-state index contributed by atoms with van der Waals surface area (Å²) in [5.74, 6) is -0.0758. The van der Waals surface area contributed by atoms with E-state index in [-0.39, 0.29) is 22.4 Å². The molecule has 0 aliphatic carbocycles. The summed E-state index contributed by atoms with van der Waals surface area (Å²) >= 11 is 1.15. The summed E-state index contributed by atoms with van der Waals surface area (Å²) in [5, 5.41) is 1.94. The van der Waals surface area contributed by atoms with Crippen molar-refractivity contribution in [2.75, 3.05) is 35.8 Å². The van der Waals surface area contributed by atoms with Crippen LogP contribution < -0.4 is 9.62 Å². The molecule has 0 saturated carbocycles. The van der Waals surface area contributed by atoms with Gasteiger partial charge < -0.3 is 9.80 Å². The van der Waals surface area contributed by atoms with Crippen LogP contribution in [0.2, 0.25) is 0 Å². The van der Waals surface area contributed by atoms with Gasteiger partial charge in [0.2, 0.25) is 5.91 Å². The summed E-state index contributed by atoms with van der Waals surface area (Å²) in [6, 6.07) is 13.2. The van der Waals surface area contributed by atoms with E-state index in [0.29, 0.717) is 44.0 Å². The second-order valence-electron chi connectivity index (χ2n) is 7.98. The monoisotopic (exact) mass is 524 g/mol. The summed E-state index contributed by atoms with van der Waals surface area (Å²) in [6.07, 6.45) is -3.83. The Morgan fingerprint density at radius 1 is 1.03 bits per heavy atom. The fourth-order valence-electron chi connectivity index (χ4n) is 3.73. The number of halogens is 3. The molecular weight excluding hydrogens is 501 g/mol. The number of nitrogens with zero attached hydrogens (tertiary/aromatic N) is 3. The predicted octanol–water partition coefficient (Wildman–Crippen LogP) is 4.24. The van der Waals surface area contributed by atoms with Crippen molar-refractivity contribution in [3.05, 3.63) is 71.2 Å². The number of sulfonamides is 1. The molecule has 1 saturated heterocycles. The molecule has 12 heteroatoms. The number of hydrogen-bond acceptors (Lipinski definition) is 6. The SMILES string of the molecule is O=C(CCc1csc(NS(=O)(=O)c2ccccc2)n1)N1CCN(c2cccc(C(F)(F)F)c2)CC1. The van der Waals surface area contributed by atoms with E-state index in [9.17, 15) is 26.4 Å². The van der Waals surface area contributed by atoms with Gasteiger partial charge in [0, 0.05) is 43.7 Å². The van der Waals surface area contributed by atoms with Gasteiger partial charge in [-0.05, 0) is 36.8 Å². The van der Waals surface area contributed by atoms with Gasteiger partial charge in [-0.2, -0.15) is 13.2 Å². The van der Waals surface area contributed by atoms with Crippen molar-refractivity contribution in [3.8, 4) is 0 Å². The maximum absolute atomic E-state index is 13.0. The van der Waals surface area contributed by atoms with Crippen molar-refractivity contribution in [1.82, 2.24) is 9.88 Å². The van der Waals surface area contributed by atoms with Gasteiger partial charge in [-0.15, -0.1) is 11.3 Å². The number of aryl methyl sites for hydroxylation is 1. The first-order valence-corrected chi connectivity index (χ1v) is 13.2. The lowest BCUT2D eigenvalue weighted by molar-refractivity contribution is -0.137. The van der Waals surface area contributed by atoms with Gasteiger partial charge in [0.15, 0.2) is 5.13 Å². The summed E-state index contributed by atoms with van der Waals surface area (Å²) in [5.41, 5.74) is 0.402. The van der Waals surface area contributed by atoms with Crippen LogP contribution in [0.5, 0.6) is 0 Å². The highest BCUT2D eigenvalue weighted by atomic mass is 32.2. The van der Waals surface area contributed by atoms with E-state index >= 15 is 0 Å². The maximum atomic E-state index is 13.0. The van der Waals surface area contributed by atoms with E-state index in [1.165, 1.54) is 18.2 Å². The molecule has 0 unspecified atom stereocenters. The van der Waals surface area contributed by atoms with Crippen LogP contribution >= 0.6 is 11.3 Å². The molecule has 1 aromatic heterocycles. The van der Waals surface area contributed by atoms with Crippen LogP contribution in [-0.4, -0.2) is 50.4 Å². The molecule has 0 spiro atoms. The van der Waals surface area contributed by atoms with E-state index in [1.807, 2.05) is 4.90 Å². The number of amides is 1. The Morgan fingerprint density at radius 2 is 1.74 bits per heavy atom. The summed E-state index contributed by atoms with van der Waals surface area (Å²) in [6.45, 7) is 1.70. The van der Waals surface area contributed by atoms with Crippen molar-refractivity contribution >= 4 is 38.1 Å². The highest BCUT2D eigenvalue weighted by Gasteiger charge is 2.31. The molecule has 2 aromatic carbocycles. The molecule has 186 valence electrons. The maximum Gasteiger partial charge on any atom is 0.416 e. The molecular formula is C23H23F3N4O3S2. The molecule has 7 nitrogen and oxygen atoms in total. The van der Waals surface area contributed by atoms with Crippen LogP contribution in [0.15, 0.2) is 64.9 Å². The van der Waals surface area contributed by atoms with Gasteiger partial charge in [-0.25, -0.2) is 13.4 Å². The Bertz CT molecular complexity index is 1270. The lowest BCUT2D eigenvalue weighted by atomic mass is 10.1. The summed E-state index contributed by atoms with van der Waals surface area (Å²) in [4.78, 5) is 20.6. The second-order valence-corrected chi connectivity index (χ2v) is 10.5. The number of piperazine rings is 1. The number of rotatable bonds is 7. The Labute approximate surface area is 205 Å². The normalized spacial score (nSPS) is 14.7. The largest absolute Gasteiger partial charge is 0.416 e. The molecule has 2 heterocycles. The van der Waals surface area contributed by atoms with Crippen molar-refractivity contribution < 1.29 is 26.4 Å². The Balaban J connectivity index is 1.27. The number of thiazole rings is 1. The van der Waals surface area contributed by atoms with Gasteiger partial charge in [-0.3, -0.25) is 9.52 Å². The van der Waals surface area contributed by atoms with Crippen LogP contribution in [0.3, 0.4) is 0 Å². The molecule has 1 aliphatic heterocycles. The van der Waals surface area contributed by atoms with Crippen molar-refractivity contribution in [2.24, 2.45) is 0 Å². The highest BCUT2D eigenvalue weighted by molar-refractivity contribution is 7.93. The van der Waals surface area contributed by atoms with Crippen molar-refractivity contribution in [3.63, 3.8) is 0 Å². The molecule has 0 bridgehead atoms. The third-order valence-electron chi connectivity index (χ3n) is 5.59. The van der Waals surface area contributed by atoms with Crippen molar-refractivity contribution in [2.45, 2.75) is 23.9 Å². The highest BCUT2D eigenvalue weighted by Crippen LogP contribution is 2.32. The lowest BCUT2D eigenvalue weighted by Gasteiger charge is -2.36. The molecule has 0 radical (unpaired) electrons. The number of hydrogen-bond donors (Lipinski definition) is 1. The Hall–Kier alpha value is -3.12. The van der Waals surface area contributed by atoms with Gasteiger partial charge >= 0.3 is 6.18 Å². The molecule has 1 aliphatic rings. The van der Waals surface area contributed by atoms with Crippen LogP contribution in [0.25, 0.3) is 0 Å². The molecule has 1 amide bonds. The minimum atomic E-state index is -4.40. The number of nitrogens with one attached hydrogen (secondary N) is 1. The lowest BCUT2D eigenvalue weighted by Crippen LogP contribution is -2.48. The van der Waals surface area contributed by atoms with E-state index < -0.39 is 21.8 Å². The van der Waals surface area contributed by atoms with Gasteiger partial charge in [0.25, 0.3) is 10.0 Å². The van der Waals surface area contributed by atoms with E-state index in [0.717, 1.165) is 23.5 Å². The van der Waals surface area contributed by atoms with Crippen molar-refractivity contribution in [1.29, 1.82) is 0 Å². The minimum absolute atomic E-state index is 0.0758. The van der Waals surface area contributed by atoms with E-state index in [1.54, 1.807) is 34.5 Å². The quantitative estimate of drug-likeness (QED) is 0.500. The first kappa shape index (κ1) is 25.0. The number of carbonyl (C=O) groups excluding carboxylic acids is 1. The average Bonchev–Trinajstić information content (AvgIpc) is 3.29. The molecule has 0 atom stereocenters. The number of anilines is 2. The molecule has 4 rings (SSSR count). The molecule has 1 N–H and O–H groups in total. The topological polar surface area (TPSA) is 82.6 Å². The van der Waals surface area contributed by atoms with E-state index in [2.05, 4.69) is 9.71 Å². The van der Waals surface area contributed by atoms with Crippen LogP contribution in [-0.2, 0) is 27.4 Å². The van der Waals surface area contributed by atoms with E-state index in [4.69, 9.17) is 0 Å². The zero-order chi connectivity index (χ0) is 25.1. The Kier molecular flexibility index (Phi) is 7.31. The van der Waals surface area contributed by atoms with Crippen LogP contribution in [0.4, 0.5) is 24.0 Å². The molecule has 1 fully saturated rings. The third kappa shape index (κ3) is 6.31. The molecule has 3 aromatic rings. The summed E-state index contributed by atoms with van der Waals surface area (Å²) in [7, 11) is -3.73. The smallest absolute Gasteiger partial charge is 0.368 e. The third-order valence-corrected chi connectivity index (χ3v) is 7.88. The number of carbonyl (C=O) groups is 1. The predicted molar refractivity (Wildman–Crippen MR) is 128 cm³/mol. The zero-order valence-corrected chi connectivity index (χ0v) is 20.2. The Morgan fingerprint density at radius 3 is 2.43 bits per heavy atom. The fraction of sp³-hybridized carbons (Fsp3) is 0.304. The average molecular weight is 525 g/mol. The molecule has 35 heavy (non-hydrogen) atoms. The first-order valence-electron chi connectivity index (χ1n) is 10.8. The van der Waals surface area contributed by atoms with Gasteiger partial charge in [-0.1, -0.05) is 24.3 Å². The number of benzene rings is 2. The van der Waals surface area contributed by atoms with Crippen LogP contribution in [0, 0.1) is 0 Å².